The predicted octanol–water partition coefficient (Wildman–Crippen LogP) is 5.57. The first kappa shape index (κ1) is 26.0. The van der Waals surface area contributed by atoms with Gasteiger partial charge in [0.15, 0.2) is 5.76 Å². The molecule has 0 N–H and O–H groups in total. The quantitative estimate of drug-likeness (QED) is 0.153. The molecule has 2 heterocycles. The monoisotopic (exact) mass is 508 g/mol. The Morgan fingerprint density at radius 3 is 2.11 bits per heavy atom. The van der Waals surface area contributed by atoms with Gasteiger partial charge < -0.3 is 14.2 Å². The summed E-state index contributed by atoms with van der Waals surface area (Å²) in [6.45, 7) is 4.90. The first-order chi connectivity index (χ1) is 16.6. The van der Waals surface area contributed by atoms with Gasteiger partial charge >= 0.3 is 17.1 Å². The van der Waals surface area contributed by atoms with Crippen LogP contribution >= 0.6 is 0 Å². The minimum atomic E-state index is -0.180. The van der Waals surface area contributed by atoms with E-state index in [9.17, 15) is 9.59 Å². The van der Waals surface area contributed by atoms with Crippen molar-refractivity contribution in [2.75, 3.05) is 31.1 Å². The number of carbonyl (C=O) groups excluding carboxylic acids is 2. The van der Waals surface area contributed by atoms with Crippen LogP contribution in [0.3, 0.4) is 0 Å². The molecule has 4 aromatic rings. The summed E-state index contributed by atoms with van der Waals surface area (Å²) in [4.78, 5) is 29.1. The number of aryl methyl sites for hydroxylation is 1. The van der Waals surface area contributed by atoms with Gasteiger partial charge in [-0.15, -0.1) is 0 Å². The first-order valence-electron chi connectivity index (χ1n) is 11.4. The SMILES string of the molecule is Cc1ccc(C(=O)/C=C/c2ccc(C(=O)N3CCN([c-]4cccc4)CC3)cc2)o1.[Fe+2].c1cc[cH-]c1. The summed E-state index contributed by atoms with van der Waals surface area (Å²) < 4.78 is 5.33. The molecule has 180 valence electrons. The molecule has 1 fully saturated rings. The van der Waals surface area contributed by atoms with E-state index in [-0.39, 0.29) is 28.8 Å². The summed E-state index contributed by atoms with van der Waals surface area (Å²) in [5, 5.41) is 0. The van der Waals surface area contributed by atoms with Crippen molar-refractivity contribution in [1.82, 2.24) is 4.90 Å². The molecule has 3 aromatic carbocycles. The van der Waals surface area contributed by atoms with Gasteiger partial charge in [-0.25, -0.2) is 24.3 Å². The molecule has 5 rings (SSSR count). The van der Waals surface area contributed by atoms with Crippen molar-refractivity contribution in [1.29, 1.82) is 0 Å². The number of carbonyl (C=O) groups is 2. The molecule has 0 spiro atoms. The number of hydrogen-bond acceptors (Lipinski definition) is 4. The van der Waals surface area contributed by atoms with Crippen LogP contribution in [0.15, 0.2) is 101 Å². The van der Waals surface area contributed by atoms with Crippen LogP contribution in [0, 0.1) is 6.92 Å². The predicted molar refractivity (Wildman–Crippen MR) is 135 cm³/mol. The fraction of sp³-hybridized carbons (Fsp3) is 0.172. The van der Waals surface area contributed by atoms with Gasteiger partial charge in [0.05, 0.1) is 0 Å². The molecule has 1 aromatic heterocycles. The number of hydrogen-bond donors (Lipinski definition) is 0. The Morgan fingerprint density at radius 2 is 1.57 bits per heavy atom. The average Bonchev–Trinajstić information content (AvgIpc) is 3.67. The van der Waals surface area contributed by atoms with Crippen LogP contribution in [0.25, 0.3) is 6.08 Å². The van der Waals surface area contributed by atoms with Crippen LogP contribution in [0.1, 0.15) is 32.2 Å². The van der Waals surface area contributed by atoms with Gasteiger partial charge in [-0.05, 0) is 42.8 Å². The van der Waals surface area contributed by atoms with Gasteiger partial charge in [0.1, 0.15) is 5.76 Å². The molecular weight excluding hydrogens is 480 g/mol. The molecule has 1 aliphatic rings. The largest absolute Gasteiger partial charge is 2.00 e. The number of allylic oxidation sites excluding steroid dienone is 1. The van der Waals surface area contributed by atoms with Crippen LogP contribution in [0.2, 0.25) is 0 Å². The number of piperazine rings is 1. The van der Waals surface area contributed by atoms with E-state index < -0.39 is 0 Å². The third-order valence-electron chi connectivity index (χ3n) is 5.70. The molecule has 0 radical (unpaired) electrons. The zero-order valence-corrected chi connectivity index (χ0v) is 20.7. The summed E-state index contributed by atoms with van der Waals surface area (Å²) in [6.07, 6.45) is 3.21. The van der Waals surface area contributed by atoms with E-state index >= 15 is 0 Å². The summed E-state index contributed by atoms with van der Waals surface area (Å²) >= 11 is 0. The van der Waals surface area contributed by atoms with Gasteiger partial charge in [0.2, 0.25) is 5.78 Å². The topological polar surface area (TPSA) is 53.8 Å². The molecule has 0 atom stereocenters. The molecule has 1 saturated heterocycles. The molecule has 1 amide bonds. The molecule has 0 saturated carbocycles. The second-order valence-electron chi connectivity index (χ2n) is 8.11. The fourth-order valence-corrected chi connectivity index (χ4v) is 3.80. The van der Waals surface area contributed by atoms with Gasteiger partial charge in [0, 0.05) is 31.7 Å². The average molecular weight is 508 g/mol. The second-order valence-corrected chi connectivity index (χ2v) is 8.11. The maximum Gasteiger partial charge on any atom is 2.00 e. The van der Waals surface area contributed by atoms with Crippen molar-refractivity contribution in [2.24, 2.45) is 0 Å². The van der Waals surface area contributed by atoms with Crippen molar-refractivity contribution in [3.05, 3.63) is 120 Å². The van der Waals surface area contributed by atoms with Crippen LogP contribution in [0.5, 0.6) is 0 Å². The number of nitrogens with zero attached hydrogens (tertiary/aromatic N) is 2. The Kier molecular flexibility index (Phi) is 9.47. The Labute approximate surface area is 216 Å². The van der Waals surface area contributed by atoms with E-state index in [2.05, 4.69) is 17.0 Å². The van der Waals surface area contributed by atoms with Crippen molar-refractivity contribution in [2.45, 2.75) is 6.92 Å². The Hall–Kier alpha value is -3.60. The first-order valence-corrected chi connectivity index (χ1v) is 11.4. The second kappa shape index (κ2) is 12.7. The zero-order chi connectivity index (χ0) is 23.8. The van der Waals surface area contributed by atoms with E-state index in [0.29, 0.717) is 30.2 Å². The number of benzene rings is 1. The maximum atomic E-state index is 12.8. The molecule has 0 aliphatic carbocycles. The van der Waals surface area contributed by atoms with E-state index in [1.807, 2.05) is 71.6 Å². The molecule has 0 bridgehead atoms. The molecular formula is C29H28FeN2O3. The van der Waals surface area contributed by atoms with Crippen molar-refractivity contribution in [3.63, 3.8) is 0 Å². The van der Waals surface area contributed by atoms with Crippen molar-refractivity contribution in [3.8, 4) is 0 Å². The minimum absolute atomic E-state index is 0. The number of rotatable bonds is 5. The van der Waals surface area contributed by atoms with Crippen LogP contribution < -0.4 is 4.90 Å². The van der Waals surface area contributed by atoms with E-state index in [4.69, 9.17) is 4.42 Å². The minimum Gasteiger partial charge on any atom is -0.458 e. The molecule has 35 heavy (non-hydrogen) atoms. The van der Waals surface area contributed by atoms with E-state index in [1.165, 1.54) is 11.8 Å². The zero-order valence-electron chi connectivity index (χ0n) is 19.6. The Bertz CT molecular complexity index is 1180. The van der Waals surface area contributed by atoms with Crippen molar-refractivity contribution < 1.29 is 31.1 Å². The maximum absolute atomic E-state index is 12.8. The van der Waals surface area contributed by atoms with Gasteiger partial charge in [-0.2, -0.15) is 30.3 Å². The standard InChI is InChI=1S/C24H23N2O3.C5H5.Fe/c1-18-6-13-23(29-18)22(27)12-9-19-7-10-20(11-8-19)24(28)26-16-14-25(15-17-26)21-4-2-3-5-21;1-2-4-5-3-1;/h2-13H,14-17H2,1H3;1-5H;/q2*-1;+2/b12-9+;;. The van der Waals surface area contributed by atoms with Crippen LogP contribution in [0.4, 0.5) is 5.69 Å². The Balaban J connectivity index is 0.000000509. The smallest absolute Gasteiger partial charge is 0.458 e. The molecule has 0 unspecified atom stereocenters. The third-order valence-corrected chi connectivity index (χ3v) is 5.70. The van der Waals surface area contributed by atoms with Crippen LogP contribution in [-0.2, 0) is 17.1 Å². The van der Waals surface area contributed by atoms with Gasteiger partial charge in [-0.3, -0.25) is 9.59 Å². The van der Waals surface area contributed by atoms with E-state index in [1.54, 1.807) is 25.1 Å². The van der Waals surface area contributed by atoms with Gasteiger partial charge in [-0.1, -0.05) is 23.9 Å². The fourth-order valence-electron chi connectivity index (χ4n) is 3.80. The summed E-state index contributed by atoms with van der Waals surface area (Å²) in [5.41, 5.74) is 2.74. The summed E-state index contributed by atoms with van der Waals surface area (Å²) in [6, 6.07) is 29.0. The Morgan fingerprint density at radius 1 is 0.914 bits per heavy atom. The van der Waals surface area contributed by atoms with E-state index in [0.717, 1.165) is 18.7 Å². The third kappa shape index (κ3) is 7.19. The number of amides is 1. The number of ketones is 1. The number of furan rings is 1. The van der Waals surface area contributed by atoms with Crippen LogP contribution in [-0.4, -0.2) is 42.8 Å². The normalized spacial score (nSPS) is 13.2. The molecule has 5 nitrogen and oxygen atoms in total. The van der Waals surface area contributed by atoms with Crippen molar-refractivity contribution >= 4 is 23.5 Å². The summed E-state index contributed by atoms with van der Waals surface area (Å²) in [5.74, 6) is 0.900. The number of anilines is 1. The van der Waals surface area contributed by atoms with Gasteiger partial charge in [0.25, 0.3) is 5.91 Å². The summed E-state index contributed by atoms with van der Waals surface area (Å²) in [7, 11) is 0. The molecule has 6 heteroatoms. The molecule has 1 aliphatic heterocycles.